The number of methoxy groups -OCH3 is 3. The van der Waals surface area contributed by atoms with E-state index in [2.05, 4.69) is 4.90 Å². The summed E-state index contributed by atoms with van der Waals surface area (Å²) in [5.74, 6) is -0.177. The summed E-state index contributed by atoms with van der Waals surface area (Å²) in [6.45, 7) is 1.07. The van der Waals surface area contributed by atoms with Crippen molar-refractivity contribution in [3.63, 3.8) is 0 Å². The fourth-order valence-electron chi connectivity index (χ4n) is 4.05. The second kappa shape index (κ2) is 9.13. The lowest BCUT2D eigenvalue weighted by atomic mass is 9.90. The van der Waals surface area contributed by atoms with E-state index in [1.54, 1.807) is 26.4 Å². The summed E-state index contributed by atoms with van der Waals surface area (Å²) in [4.78, 5) is 13.7. The summed E-state index contributed by atoms with van der Waals surface area (Å²) in [6.07, 6.45) is 1.38. The highest BCUT2D eigenvalue weighted by Crippen LogP contribution is 2.45. The number of benzene rings is 2. The smallest absolute Gasteiger partial charge is 0.307 e. The van der Waals surface area contributed by atoms with Gasteiger partial charge in [-0.25, -0.2) is 4.39 Å². The quantitative estimate of drug-likeness (QED) is 0.760. The van der Waals surface area contributed by atoms with Gasteiger partial charge in [-0.05, 0) is 49.2 Å². The third-order valence-electron chi connectivity index (χ3n) is 5.36. The zero-order chi connectivity index (χ0) is 21.0. The summed E-state index contributed by atoms with van der Waals surface area (Å²) < 4.78 is 30.6. The molecular formula is C22H26FNO5. The van der Waals surface area contributed by atoms with Gasteiger partial charge >= 0.3 is 5.97 Å². The van der Waals surface area contributed by atoms with Crippen molar-refractivity contribution in [2.75, 3.05) is 34.4 Å². The van der Waals surface area contributed by atoms with Gasteiger partial charge < -0.3 is 19.3 Å². The molecule has 0 amide bonds. The predicted molar refractivity (Wildman–Crippen MR) is 106 cm³/mol. The van der Waals surface area contributed by atoms with Crippen molar-refractivity contribution < 1.29 is 28.5 Å². The van der Waals surface area contributed by atoms with E-state index in [1.807, 2.05) is 12.1 Å². The first kappa shape index (κ1) is 20.9. The molecule has 1 N–H and O–H groups in total. The molecule has 1 saturated heterocycles. The lowest BCUT2D eigenvalue weighted by Crippen LogP contribution is -2.41. The second-order valence-corrected chi connectivity index (χ2v) is 7.05. The molecule has 6 nitrogen and oxygen atoms in total. The predicted octanol–water partition coefficient (Wildman–Crippen LogP) is 3.74. The first-order valence-electron chi connectivity index (χ1n) is 9.51. The highest BCUT2D eigenvalue weighted by molar-refractivity contribution is 5.70. The van der Waals surface area contributed by atoms with Crippen molar-refractivity contribution in [2.24, 2.45) is 5.92 Å². The molecule has 1 aliphatic rings. The Morgan fingerprint density at radius 3 is 2.52 bits per heavy atom. The van der Waals surface area contributed by atoms with Gasteiger partial charge in [0.25, 0.3) is 0 Å². The first-order valence-corrected chi connectivity index (χ1v) is 9.51. The highest BCUT2D eigenvalue weighted by atomic mass is 19.1. The monoisotopic (exact) mass is 403 g/mol. The van der Waals surface area contributed by atoms with Gasteiger partial charge in [-0.1, -0.05) is 12.1 Å². The SMILES string of the molecule is COc1ccc(C(c2cccc(F)c2)N2CCCC(C(=O)O)C2)c(OC)c1OC. The summed E-state index contributed by atoms with van der Waals surface area (Å²) >= 11 is 0. The van der Waals surface area contributed by atoms with Crippen LogP contribution in [0.3, 0.4) is 0 Å². The molecule has 2 aromatic carbocycles. The molecule has 2 atom stereocenters. The molecule has 0 saturated carbocycles. The van der Waals surface area contributed by atoms with Crippen molar-refractivity contribution in [1.82, 2.24) is 4.90 Å². The van der Waals surface area contributed by atoms with E-state index >= 15 is 0 Å². The molecule has 0 aliphatic carbocycles. The molecule has 1 aliphatic heterocycles. The van der Waals surface area contributed by atoms with E-state index in [0.29, 0.717) is 36.8 Å². The number of piperidine rings is 1. The Kier molecular flexibility index (Phi) is 6.59. The zero-order valence-electron chi connectivity index (χ0n) is 16.9. The maximum atomic E-state index is 14.1. The number of nitrogens with zero attached hydrogens (tertiary/aromatic N) is 1. The molecule has 0 aromatic heterocycles. The summed E-state index contributed by atoms with van der Waals surface area (Å²) in [5.41, 5.74) is 1.49. The number of carboxylic acid groups (broad SMARTS) is 1. The Balaban J connectivity index is 2.15. The van der Waals surface area contributed by atoms with Gasteiger partial charge in [0.1, 0.15) is 5.82 Å². The van der Waals surface area contributed by atoms with Crippen molar-refractivity contribution in [2.45, 2.75) is 18.9 Å². The largest absolute Gasteiger partial charge is 0.493 e. The fraction of sp³-hybridized carbons (Fsp3) is 0.409. The van der Waals surface area contributed by atoms with Crippen LogP contribution < -0.4 is 14.2 Å². The summed E-state index contributed by atoms with van der Waals surface area (Å²) in [7, 11) is 4.62. The van der Waals surface area contributed by atoms with Crippen LogP contribution in [-0.2, 0) is 4.79 Å². The van der Waals surface area contributed by atoms with Gasteiger partial charge in [-0.3, -0.25) is 9.69 Å². The molecule has 2 unspecified atom stereocenters. The topological polar surface area (TPSA) is 68.2 Å². The second-order valence-electron chi connectivity index (χ2n) is 7.05. The average molecular weight is 403 g/mol. The summed E-state index contributed by atoms with van der Waals surface area (Å²) in [5, 5.41) is 9.53. The van der Waals surface area contributed by atoms with Crippen molar-refractivity contribution >= 4 is 5.97 Å². The Hall–Kier alpha value is -2.80. The first-order chi connectivity index (χ1) is 14.0. The minimum absolute atomic E-state index is 0.348. The molecular weight excluding hydrogens is 377 g/mol. The van der Waals surface area contributed by atoms with Gasteiger partial charge in [0.15, 0.2) is 11.5 Å². The maximum absolute atomic E-state index is 14.1. The Bertz CT molecular complexity index is 872. The Morgan fingerprint density at radius 1 is 1.14 bits per heavy atom. The fourth-order valence-corrected chi connectivity index (χ4v) is 4.05. The number of hydrogen-bond donors (Lipinski definition) is 1. The van der Waals surface area contributed by atoms with Crippen LogP contribution in [0.5, 0.6) is 17.2 Å². The van der Waals surface area contributed by atoms with Crippen LogP contribution in [0.4, 0.5) is 4.39 Å². The van der Waals surface area contributed by atoms with Crippen LogP contribution in [0.2, 0.25) is 0 Å². The lowest BCUT2D eigenvalue weighted by Gasteiger charge is -2.38. The van der Waals surface area contributed by atoms with E-state index < -0.39 is 11.9 Å². The molecule has 7 heteroatoms. The number of hydrogen-bond acceptors (Lipinski definition) is 5. The number of carbonyl (C=O) groups is 1. The molecule has 1 fully saturated rings. The molecule has 0 spiro atoms. The third kappa shape index (κ3) is 4.29. The van der Waals surface area contributed by atoms with Gasteiger partial charge in [0, 0.05) is 12.1 Å². The molecule has 156 valence electrons. The van der Waals surface area contributed by atoms with Crippen LogP contribution in [0.15, 0.2) is 36.4 Å². The van der Waals surface area contributed by atoms with Crippen LogP contribution in [-0.4, -0.2) is 50.4 Å². The number of rotatable bonds is 7. The molecule has 0 radical (unpaired) electrons. The van der Waals surface area contributed by atoms with Crippen molar-refractivity contribution in [1.29, 1.82) is 0 Å². The van der Waals surface area contributed by atoms with Gasteiger partial charge in [-0.2, -0.15) is 0 Å². The van der Waals surface area contributed by atoms with Crippen LogP contribution in [0.1, 0.15) is 30.0 Å². The lowest BCUT2D eigenvalue weighted by molar-refractivity contribution is -0.143. The Labute approximate surface area is 169 Å². The van der Waals surface area contributed by atoms with Crippen LogP contribution in [0, 0.1) is 11.7 Å². The number of halogens is 1. The van der Waals surface area contributed by atoms with Crippen molar-refractivity contribution in [3.05, 3.63) is 53.3 Å². The van der Waals surface area contributed by atoms with E-state index in [1.165, 1.54) is 19.2 Å². The van der Waals surface area contributed by atoms with E-state index in [0.717, 1.165) is 17.5 Å². The Morgan fingerprint density at radius 2 is 1.90 bits per heavy atom. The molecule has 1 heterocycles. The summed E-state index contributed by atoms with van der Waals surface area (Å²) in [6, 6.07) is 9.62. The number of likely N-dealkylation sites (tertiary alicyclic amines) is 1. The van der Waals surface area contributed by atoms with Crippen LogP contribution >= 0.6 is 0 Å². The molecule has 29 heavy (non-hydrogen) atoms. The van der Waals surface area contributed by atoms with Gasteiger partial charge in [0.2, 0.25) is 5.75 Å². The van der Waals surface area contributed by atoms with Gasteiger partial charge in [-0.15, -0.1) is 0 Å². The highest BCUT2D eigenvalue weighted by Gasteiger charge is 2.34. The molecule has 2 aromatic rings. The third-order valence-corrected chi connectivity index (χ3v) is 5.36. The minimum Gasteiger partial charge on any atom is -0.493 e. The standard InChI is InChI=1S/C22H26FNO5/c1-27-18-10-9-17(20(28-2)21(18)29-3)19(14-6-4-8-16(23)12-14)24-11-5-7-15(13-24)22(25)26/h4,6,8-10,12,15,19H,5,7,11,13H2,1-3H3,(H,25,26). The molecule has 3 rings (SSSR count). The maximum Gasteiger partial charge on any atom is 0.307 e. The molecule has 0 bridgehead atoms. The number of carboxylic acids is 1. The minimum atomic E-state index is -0.813. The van der Waals surface area contributed by atoms with E-state index in [-0.39, 0.29) is 11.9 Å². The van der Waals surface area contributed by atoms with Crippen LogP contribution in [0.25, 0.3) is 0 Å². The van der Waals surface area contributed by atoms with E-state index in [9.17, 15) is 14.3 Å². The van der Waals surface area contributed by atoms with Crippen molar-refractivity contribution in [3.8, 4) is 17.2 Å². The average Bonchev–Trinajstić information content (AvgIpc) is 2.73. The zero-order valence-corrected chi connectivity index (χ0v) is 16.9. The number of ether oxygens (including phenoxy) is 3. The number of aliphatic carboxylic acids is 1. The normalized spacial score (nSPS) is 18.1. The van der Waals surface area contributed by atoms with E-state index in [4.69, 9.17) is 14.2 Å². The van der Waals surface area contributed by atoms with Gasteiger partial charge in [0.05, 0.1) is 33.3 Å².